The molecule has 2 aromatic carbocycles. The fourth-order valence-corrected chi connectivity index (χ4v) is 1.65. The van der Waals surface area contributed by atoms with Crippen LogP contribution in [0.5, 0.6) is 11.5 Å². The van der Waals surface area contributed by atoms with Crippen LogP contribution >= 0.6 is 0 Å². The second-order valence-electron chi connectivity index (χ2n) is 4.21. The first-order valence-corrected chi connectivity index (χ1v) is 5.73. The summed E-state index contributed by atoms with van der Waals surface area (Å²) in [6, 6.07) is 9.39. The van der Waals surface area contributed by atoms with Crippen molar-refractivity contribution in [3.63, 3.8) is 0 Å². The average molecular weight is 283 g/mol. The third-order valence-electron chi connectivity index (χ3n) is 2.64. The summed E-state index contributed by atoms with van der Waals surface area (Å²) in [6.07, 6.45) is -4.53. The lowest BCUT2D eigenvalue weighted by atomic mass is 10.1. The number of alkyl halides is 3. The number of nitrogens with two attached hydrogens (primary N) is 1. The van der Waals surface area contributed by atoms with Crippen LogP contribution in [0.1, 0.15) is 11.1 Å². The molecule has 0 saturated heterocycles. The van der Waals surface area contributed by atoms with Crippen molar-refractivity contribution in [2.24, 2.45) is 0 Å². The van der Waals surface area contributed by atoms with Crippen LogP contribution in [0.2, 0.25) is 0 Å². The molecule has 0 fully saturated rings. The number of aromatic hydroxyl groups is 1. The molecule has 3 nitrogen and oxygen atoms in total. The number of benzene rings is 2. The molecule has 3 N–H and O–H groups in total. The fraction of sp³-hybridized carbons (Fsp3) is 0.143. The minimum Gasteiger partial charge on any atom is -0.508 e. The molecule has 0 atom stereocenters. The summed E-state index contributed by atoms with van der Waals surface area (Å²) in [5.74, 6) is -0.197. The van der Waals surface area contributed by atoms with E-state index in [9.17, 15) is 13.2 Å². The third-order valence-corrected chi connectivity index (χ3v) is 2.64. The van der Waals surface area contributed by atoms with Crippen molar-refractivity contribution in [3.8, 4) is 11.5 Å². The SMILES string of the molecule is Nc1ccc(OCc2ccc(O)cc2)c(C(F)(F)F)c1. The standard InChI is InChI=1S/C14H12F3NO2/c15-14(16,17)12-7-10(18)3-6-13(12)20-8-9-1-4-11(19)5-2-9/h1-7,19H,8,18H2. The maximum atomic E-state index is 12.8. The van der Waals surface area contributed by atoms with Gasteiger partial charge in [0.2, 0.25) is 0 Å². The Morgan fingerprint density at radius 2 is 1.70 bits per heavy atom. The van der Waals surface area contributed by atoms with Gasteiger partial charge in [0.1, 0.15) is 18.1 Å². The van der Waals surface area contributed by atoms with E-state index < -0.39 is 11.7 Å². The molecule has 0 saturated carbocycles. The number of hydrogen-bond acceptors (Lipinski definition) is 3. The Kier molecular flexibility index (Phi) is 3.74. The highest BCUT2D eigenvalue weighted by Crippen LogP contribution is 2.37. The van der Waals surface area contributed by atoms with Gasteiger partial charge in [-0.25, -0.2) is 0 Å². The number of phenols is 1. The monoisotopic (exact) mass is 283 g/mol. The van der Waals surface area contributed by atoms with Gasteiger partial charge in [-0.3, -0.25) is 0 Å². The molecule has 0 unspecified atom stereocenters. The Balaban J connectivity index is 2.19. The molecule has 2 rings (SSSR count). The second-order valence-corrected chi connectivity index (χ2v) is 4.21. The normalized spacial score (nSPS) is 11.3. The molecule has 0 aliphatic heterocycles. The number of rotatable bonds is 3. The number of nitrogen functional groups attached to an aromatic ring is 1. The summed E-state index contributed by atoms with van der Waals surface area (Å²) in [4.78, 5) is 0. The molecule has 0 heterocycles. The van der Waals surface area contributed by atoms with Crippen molar-refractivity contribution in [2.45, 2.75) is 12.8 Å². The van der Waals surface area contributed by atoms with Gasteiger partial charge in [-0.05, 0) is 35.9 Å². The van der Waals surface area contributed by atoms with Crippen molar-refractivity contribution in [3.05, 3.63) is 53.6 Å². The average Bonchev–Trinajstić information content (AvgIpc) is 2.38. The smallest absolute Gasteiger partial charge is 0.420 e. The lowest BCUT2D eigenvalue weighted by Crippen LogP contribution is -2.09. The van der Waals surface area contributed by atoms with Gasteiger partial charge in [-0.15, -0.1) is 0 Å². The van der Waals surface area contributed by atoms with Crippen LogP contribution in [0, 0.1) is 0 Å². The van der Waals surface area contributed by atoms with E-state index >= 15 is 0 Å². The predicted octanol–water partition coefficient (Wildman–Crippen LogP) is 3.57. The zero-order valence-corrected chi connectivity index (χ0v) is 10.3. The van der Waals surface area contributed by atoms with Crippen molar-refractivity contribution < 1.29 is 23.0 Å². The molecule has 6 heteroatoms. The molecule has 2 aromatic rings. The van der Waals surface area contributed by atoms with Crippen molar-refractivity contribution in [1.29, 1.82) is 0 Å². The van der Waals surface area contributed by atoms with Crippen LogP contribution in [0.3, 0.4) is 0 Å². The van der Waals surface area contributed by atoms with Gasteiger partial charge in [-0.1, -0.05) is 12.1 Å². The van der Waals surface area contributed by atoms with Gasteiger partial charge in [0.05, 0.1) is 5.56 Å². The van der Waals surface area contributed by atoms with Gasteiger partial charge in [0.25, 0.3) is 0 Å². The van der Waals surface area contributed by atoms with E-state index in [0.717, 1.165) is 6.07 Å². The largest absolute Gasteiger partial charge is 0.508 e. The summed E-state index contributed by atoms with van der Waals surface area (Å²) in [5, 5.41) is 9.12. The van der Waals surface area contributed by atoms with E-state index in [2.05, 4.69) is 0 Å². The van der Waals surface area contributed by atoms with Crippen LogP contribution in [-0.2, 0) is 12.8 Å². The highest BCUT2D eigenvalue weighted by atomic mass is 19.4. The van der Waals surface area contributed by atoms with Crippen LogP contribution in [-0.4, -0.2) is 5.11 Å². The quantitative estimate of drug-likeness (QED) is 0.847. The third kappa shape index (κ3) is 3.34. The fourth-order valence-electron chi connectivity index (χ4n) is 1.65. The topological polar surface area (TPSA) is 55.5 Å². The molecule has 0 aliphatic carbocycles. The van der Waals surface area contributed by atoms with Crippen LogP contribution in [0.4, 0.5) is 18.9 Å². The van der Waals surface area contributed by atoms with E-state index in [1.165, 1.54) is 24.3 Å². The van der Waals surface area contributed by atoms with Crippen molar-refractivity contribution >= 4 is 5.69 Å². The van der Waals surface area contributed by atoms with Gasteiger partial charge in [0, 0.05) is 5.69 Å². The number of hydrogen-bond donors (Lipinski definition) is 2. The van der Waals surface area contributed by atoms with E-state index in [-0.39, 0.29) is 23.8 Å². The highest BCUT2D eigenvalue weighted by Gasteiger charge is 2.34. The lowest BCUT2D eigenvalue weighted by Gasteiger charge is -2.14. The predicted molar refractivity (Wildman–Crippen MR) is 68.3 cm³/mol. The highest BCUT2D eigenvalue weighted by molar-refractivity contribution is 5.49. The molecule has 0 amide bonds. The van der Waals surface area contributed by atoms with Crippen molar-refractivity contribution in [1.82, 2.24) is 0 Å². The molecular formula is C14H12F3NO2. The van der Waals surface area contributed by atoms with E-state index in [0.29, 0.717) is 5.56 Å². The maximum absolute atomic E-state index is 12.8. The molecule has 20 heavy (non-hydrogen) atoms. The first kappa shape index (κ1) is 14.0. The zero-order valence-electron chi connectivity index (χ0n) is 10.3. The van der Waals surface area contributed by atoms with Crippen molar-refractivity contribution in [2.75, 3.05) is 5.73 Å². The lowest BCUT2D eigenvalue weighted by molar-refractivity contribution is -0.139. The van der Waals surface area contributed by atoms with Crippen LogP contribution < -0.4 is 10.5 Å². The molecule has 0 radical (unpaired) electrons. The van der Waals surface area contributed by atoms with Crippen LogP contribution in [0.15, 0.2) is 42.5 Å². The number of phenolic OH excluding ortho intramolecular Hbond substituents is 1. The van der Waals surface area contributed by atoms with E-state index in [1.54, 1.807) is 12.1 Å². The maximum Gasteiger partial charge on any atom is 0.420 e. The summed E-state index contributed by atoms with van der Waals surface area (Å²) < 4.78 is 43.7. The zero-order chi connectivity index (χ0) is 14.8. The minimum atomic E-state index is -4.53. The van der Waals surface area contributed by atoms with Gasteiger partial charge in [0.15, 0.2) is 0 Å². The summed E-state index contributed by atoms with van der Waals surface area (Å²) in [7, 11) is 0. The summed E-state index contributed by atoms with van der Waals surface area (Å²) in [5.41, 5.74) is 5.13. The molecular weight excluding hydrogens is 271 g/mol. The second kappa shape index (κ2) is 5.32. The van der Waals surface area contributed by atoms with E-state index in [1.807, 2.05) is 0 Å². The number of ether oxygens (including phenoxy) is 1. The van der Waals surface area contributed by atoms with Gasteiger partial charge >= 0.3 is 6.18 Å². The molecule has 0 aromatic heterocycles. The summed E-state index contributed by atoms with van der Waals surface area (Å²) >= 11 is 0. The Morgan fingerprint density at radius 1 is 1.05 bits per heavy atom. The Hall–Kier alpha value is -2.37. The Labute approximate surface area is 113 Å². The first-order chi connectivity index (χ1) is 9.36. The Morgan fingerprint density at radius 3 is 2.30 bits per heavy atom. The van der Waals surface area contributed by atoms with Crippen LogP contribution in [0.25, 0.3) is 0 Å². The first-order valence-electron chi connectivity index (χ1n) is 5.73. The summed E-state index contributed by atoms with van der Waals surface area (Å²) in [6.45, 7) is -0.0344. The minimum absolute atomic E-state index is 0.0225. The van der Waals surface area contributed by atoms with E-state index in [4.69, 9.17) is 15.6 Å². The number of anilines is 1. The molecule has 106 valence electrons. The van der Waals surface area contributed by atoms with Gasteiger partial charge in [-0.2, -0.15) is 13.2 Å². The molecule has 0 spiro atoms. The molecule has 0 bridgehead atoms. The molecule has 0 aliphatic rings. The Bertz CT molecular complexity index is 594. The number of halogens is 3. The van der Waals surface area contributed by atoms with Gasteiger partial charge < -0.3 is 15.6 Å².